The molecule has 4 rings (SSSR count). The highest BCUT2D eigenvalue weighted by molar-refractivity contribution is 6.34. The van der Waals surface area contributed by atoms with E-state index in [1.165, 1.54) is 24.3 Å². The van der Waals surface area contributed by atoms with Gasteiger partial charge in [0, 0.05) is 40.1 Å². The number of halogens is 2. The number of amides is 1. The van der Waals surface area contributed by atoms with E-state index in [0.717, 1.165) is 18.8 Å². The second kappa shape index (κ2) is 12.0. The summed E-state index contributed by atoms with van der Waals surface area (Å²) in [6.07, 6.45) is 1.34. The minimum absolute atomic E-state index is 0.0139. The molecule has 0 radical (unpaired) electrons. The van der Waals surface area contributed by atoms with Gasteiger partial charge in [0.2, 0.25) is 5.91 Å². The van der Waals surface area contributed by atoms with Crippen LogP contribution in [0.4, 0.5) is 21.7 Å². The van der Waals surface area contributed by atoms with E-state index in [-0.39, 0.29) is 28.1 Å². The summed E-state index contributed by atoms with van der Waals surface area (Å²) in [5.41, 5.74) is 7.12. The molecule has 186 valence electrons. The summed E-state index contributed by atoms with van der Waals surface area (Å²) in [7, 11) is 0. The van der Waals surface area contributed by atoms with Crippen molar-refractivity contribution in [3.05, 3.63) is 84.2 Å². The van der Waals surface area contributed by atoms with Gasteiger partial charge in [-0.25, -0.2) is 4.39 Å². The van der Waals surface area contributed by atoms with Crippen molar-refractivity contribution in [1.82, 2.24) is 15.1 Å². The first kappa shape index (κ1) is 26.4. The second-order valence-electron chi connectivity index (χ2n) is 7.65. The average molecular weight is 508 g/mol. The molecule has 0 saturated carbocycles. The van der Waals surface area contributed by atoms with Gasteiger partial charge >= 0.3 is 0 Å². The zero-order valence-corrected chi connectivity index (χ0v) is 20.8. The van der Waals surface area contributed by atoms with Crippen LogP contribution < -0.4 is 11.1 Å². The van der Waals surface area contributed by atoms with Crippen LogP contribution >= 0.6 is 11.6 Å². The Hall–Kier alpha value is -4.17. The normalized spacial score (nSPS) is 10.3. The van der Waals surface area contributed by atoms with Crippen LogP contribution in [0.5, 0.6) is 5.75 Å². The van der Waals surface area contributed by atoms with E-state index in [0.29, 0.717) is 22.2 Å². The molecule has 0 unspecified atom stereocenters. The van der Waals surface area contributed by atoms with Gasteiger partial charge in [-0.05, 0) is 56.3 Å². The first-order valence-corrected chi connectivity index (χ1v) is 11.6. The van der Waals surface area contributed by atoms with Crippen LogP contribution in [-0.4, -0.2) is 39.2 Å². The number of nitrogens with two attached hydrogens (primary N) is 1. The van der Waals surface area contributed by atoms with Crippen LogP contribution in [0, 0.1) is 5.82 Å². The number of likely N-dealkylation sites (N-methyl/N-ethyl adjacent to an activating group) is 1. The minimum atomic E-state index is -0.580. The molecule has 0 aliphatic heterocycles. The van der Waals surface area contributed by atoms with E-state index >= 15 is 0 Å². The van der Waals surface area contributed by atoms with Crippen LogP contribution in [0.1, 0.15) is 13.8 Å². The third kappa shape index (κ3) is 5.90. The number of aromatic nitrogens is 2. The summed E-state index contributed by atoms with van der Waals surface area (Å²) >= 11 is 6.36. The number of hydrogen-bond acceptors (Lipinski definition) is 6. The average Bonchev–Trinajstić information content (AvgIpc) is 2.88. The molecule has 1 aromatic heterocycles. The molecule has 0 aliphatic rings. The van der Waals surface area contributed by atoms with Crippen LogP contribution in [0.3, 0.4) is 0 Å². The molecule has 4 N–H and O–H groups in total. The summed E-state index contributed by atoms with van der Waals surface area (Å²) in [5.74, 6) is -0.124. The molecule has 0 bridgehead atoms. The molecule has 36 heavy (non-hydrogen) atoms. The molecular formula is C27H27ClFN5O2. The van der Waals surface area contributed by atoms with E-state index < -0.39 is 5.82 Å². The zero-order valence-electron chi connectivity index (χ0n) is 20.0. The van der Waals surface area contributed by atoms with Gasteiger partial charge in [0.25, 0.3) is 0 Å². The minimum Gasteiger partial charge on any atom is -0.507 e. The molecule has 4 aromatic rings. The van der Waals surface area contributed by atoms with Crippen molar-refractivity contribution in [2.45, 2.75) is 13.8 Å². The van der Waals surface area contributed by atoms with E-state index in [4.69, 9.17) is 17.3 Å². The molecule has 0 aliphatic carbocycles. The largest absolute Gasteiger partial charge is 0.507 e. The van der Waals surface area contributed by atoms with Crippen molar-refractivity contribution in [2.24, 2.45) is 0 Å². The smallest absolute Gasteiger partial charge is 0.245 e. The lowest BCUT2D eigenvalue weighted by atomic mass is 10.0. The fraction of sp³-hybridized carbons (Fsp3) is 0.148. The molecule has 1 heterocycles. The Kier molecular flexibility index (Phi) is 8.81. The molecule has 7 nitrogen and oxygen atoms in total. The van der Waals surface area contributed by atoms with Crippen molar-refractivity contribution in [3.63, 3.8) is 0 Å². The number of para-hydroxylation sites is 1. The molecule has 0 spiro atoms. The van der Waals surface area contributed by atoms with Gasteiger partial charge in [0.05, 0.1) is 5.56 Å². The van der Waals surface area contributed by atoms with E-state index in [9.17, 15) is 14.3 Å². The predicted molar refractivity (Wildman–Crippen MR) is 144 cm³/mol. The number of nitrogen functional groups attached to an aromatic ring is 1. The number of benzene rings is 3. The predicted octanol–water partition coefficient (Wildman–Crippen LogP) is 6.16. The van der Waals surface area contributed by atoms with Gasteiger partial charge in [0.1, 0.15) is 11.6 Å². The second-order valence-corrected chi connectivity index (χ2v) is 8.06. The Morgan fingerprint density at radius 2 is 1.81 bits per heavy atom. The Labute approximate surface area is 214 Å². The number of fused-ring (bicyclic) bond motifs is 1. The number of phenolic OH excluding ortho intramolecular Hbond substituents is 1. The highest BCUT2D eigenvalue weighted by atomic mass is 35.5. The van der Waals surface area contributed by atoms with E-state index in [1.54, 1.807) is 17.0 Å². The number of nitrogens with zero attached hydrogens (tertiary/aromatic N) is 3. The number of carbonyl (C=O) groups excluding carboxylic acids is 1. The monoisotopic (exact) mass is 507 g/mol. The number of phenols is 1. The maximum atomic E-state index is 14.4. The van der Waals surface area contributed by atoms with Gasteiger partial charge in [-0.1, -0.05) is 42.4 Å². The van der Waals surface area contributed by atoms with Gasteiger partial charge < -0.3 is 21.1 Å². The summed E-state index contributed by atoms with van der Waals surface area (Å²) < 4.78 is 14.4. The number of aromatic hydroxyl groups is 1. The summed E-state index contributed by atoms with van der Waals surface area (Å²) in [6.45, 7) is 8.82. The SMILES string of the molecule is C=CC(=O)N(CC)CC.Nc1nnc(Nc2ccccc2)c2cc(-c3c(O)cccc3F)c(Cl)cc12. The maximum absolute atomic E-state index is 14.4. The molecule has 3 aromatic carbocycles. The summed E-state index contributed by atoms with van der Waals surface area (Å²) in [4.78, 5) is 12.5. The maximum Gasteiger partial charge on any atom is 0.245 e. The van der Waals surface area contributed by atoms with Crippen molar-refractivity contribution in [2.75, 3.05) is 24.1 Å². The number of nitrogens with one attached hydrogen (secondary N) is 1. The molecule has 0 saturated heterocycles. The van der Waals surface area contributed by atoms with Gasteiger partial charge in [0.15, 0.2) is 11.6 Å². The van der Waals surface area contributed by atoms with Crippen LogP contribution in [0.15, 0.2) is 73.3 Å². The third-order valence-electron chi connectivity index (χ3n) is 5.44. The molecule has 0 atom stereocenters. The van der Waals surface area contributed by atoms with Gasteiger partial charge in [-0.3, -0.25) is 4.79 Å². The third-order valence-corrected chi connectivity index (χ3v) is 5.76. The lowest BCUT2D eigenvalue weighted by Crippen LogP contribution is -2.28. The number of anilines is 3. The number of hydrogen-bond donors (Lipinski definition) is 3. The topological polar surface area (TPSA) is 104 Å². The Morgan fingerprint density at radius 1 is 1.11 bits per heavy atom. The first-order valence-electron chi connectivity index (χ1n) is 11.3. The van der Waals surface area contributed by atoms with Crippen molar-refractivity contribution >= 4 is 45.6 Å². The van der Waals surface area contributed by atoms with Gasteiger partial charge in [-0.15, -0.1) is 10.2 Å². The van der Waals surface area contributed by atoms with E-state index in [1.807, 2.05) is 44.2 Å². The lowest BCUT2D eigenvalue weighted by Gasteiger charge is -2.15. The van der Waals surface area contributed by atoms with Crippen molar-refractivity contribution < 1.29 is 14.3 Å². The van der Waals surface area contributed by atoms with Crippen LogP contribution in [0.25, 0.3) is 21.9 Å². The van der Waals surface area contributed by atoms with Crippen molar-refractivity contribution in [1.29, 1.82) is 0 Å². The van der Waals surface area contributed by atoms with Crippen LogP contribution in [-0.2, 0) is 4.79 Å². The fourth-order valence-corrected chi connectivity index (χ4v) is 3.84. The standard InChI is InChI=1S/C20H14ClFN4O.C7H13NO/c21-15-10-12-13(9-14(15)18-16(22)7-4-8-17(18)27)20(26-25-19(12)23)24-11-5-2-1-3-6-11;1-4-7(9)8(5-2)6-3/h1-10,27H,(H2,23,25)(H,24,26);4H,1,5-6H2,2-3H3. The first-order chi connectivity index (χ1) is 17.3. The van der Waals surface area contributed by atoms with E-state index in [2.05, 4.69) is 22.1 Å². The highest BCUT2D eigenvalue weighted by Gasteiger charge is 2.17. The summed E-state index contributed by atoms with van der Waals surface area (Å²) in [5, 5.41) is 22.8. The lowest BCUT2D eigenvalue weighted by molar-refractivity contribution is -0.125. The molecule has 0 fully saturated rings. The highest BCUT2D eigenvalue weighted by Crippen LogP contribution is 2.40. The Bertz CT molecular complexity index is 1360. The van der Waals surface area contributed by atoms with Gasteiger partial charge in [-0.2, -0.15) is 0 Å². The fourth-order valence-electron chi connectivity index (χ4n) is 3.58. The van der Waals surface area contributed by atoms with Crippen molar-refractivity contribution in [3.8, 4) is 16.9 Å². The molecular weight excluding hydrogens is 481 g/mol. The zero-order chi connectivity index (χ0) is 26.2. The number of rotatable bonds is 6. The summed E-state index contributed by atoms with van der Waals surface area (Å²) in [6, 6.07) is 16.8. The molecule has 1 amide bonds. The number of carbonyl (C=O) groups is 1. The van der Waals surface area contributed by atoms with Crippen LogP contribution in [0.2, 0.25) is 5.02 Å². The quantitative estimate of drug-likeness (QED) is 0.270. The Balaban J connectivity index is 0.000000345. The molecule has 9 heteroatoms. The Morgan fingerprint density at radius 3 is 2.39 bits per heavy atom.